The Bertz CT molecular complexity index is 564. The van der Waals surface area contributed by atoms with E-state index in [0.29, 0.717) is 6.61 Å². The van der Waals surface area contributed by atoms with Crippen LogP contribution in [0.1, 0.15) is 11.7 Å². The van der Waals surface area contributed by atoms with Crippen molar-refractivity contribution in [1.29, 1.82) is 0 Å². The van der Waals surface area contributed by atoms with E-state index in [4.69, 9.17) is 15.6 Å². The highest BCUT2D eigenvalue weighted by atomic mass is 16.5. The maximum Gasteiger partial charge on any atom is 0.0959 e. The lowest BCUT2D eigenvalue weighted by Crippen LogP contribution is -2.23. The third kappa shape index (κ3) is 3.28. The molecular formula is C16H22N2O2. The molecule has 20 heavy (non-hydrogen) atoms. The molecule has 2 aromatic rings. The molecule has 108 valence electrons. The Morgan fingerprint density at radius 3 is 2.55 bits per heavy atom. The summed E-state index contributed by atoms with van der Waals surface area (Å²) < 4.78 is 5.80. The van der Waals surface area contributed by atoms with Crippen LogP contribution < -0.4 is 5.73 Å². The molecule has 0 bridgehead atoms. The van der Waals surface area contributed by atoms with Crippen molar-refractivity contribution in [2.24, 2.45) is 0 Å². The molecule has 0 saturated heterocycles. The van der Waals surface area contributed by atoms with Crippen molar-refractivity contribution in [3.8, 4) is 0 Å². The van der Waals surface area contributed by atoms with E-state index >= 15 is 0 Å². The normalized spacial score (nSPS) is 13.0. The van der Waals surface area contributed by atoms with Crippen LogP contribution in [-0.4, -0.2) is 43.9 Å². The first-order valence-electron chi connectivity index (χ1n) is 6.77. The number of rotatable bonds is 6. The lowest BCUT2D eigenvalue weighted by molar-refractivity contribution is 0.0149. The first kappa shape index (κ1) is 14.8. The molecule has 4 heteroatoms. The summed E-state index contributed by atoms with van der Waals surface area (Å²) in [5.74, 6) is 0. The Kier molecular flexibility index (Phi) is 4.95. The molecule has 0 amide bonds. The van der Waals surface area contributed by atoms with Crippen molar-refractivity contribution in [3.05, 3.63) is 42.0 Å². The molecule has 0 fully saturated rings. The Morgan fingerprint density at radius 1 is 1.20 bits per heavy atom. The van der Waals surface area contributed by atoms with Gasteiger partial charge < -0.3 is 20.5 Å². The first-order valence-corrected chi connectivity index (χ1v) is 6.77. The zero-order chi connectivity index (χ0) is 14.5. The van der Waals surface area contributed by atoms with E-state index in [2.05, 4.69) is 4.90 Å². The van der Waals surface area contributed by atoms with Crippen LogP contribution >= 0.6 is 0 Å². The number of ether oxygens (including phenoxy) is 1. The molecule has 2 rings (SSSR count). The second-order valence-corrected chi connectivity index (χ2v) is 5.14. The van der Waals surface area contributed by atoms with Crippen LogP contribution in [0.2, 0.25) is 0 Å². The van der Waals surface area contributed by atoms with Gasteiger partial charge in [-0.25, -0.2) is 0 Å². The average molecular weight is 274 g/mol. The minimum absolute atomic E-state index is 0.0180. The second-order valence-electron chi connectivity index (χ2n) is 5.14. The largest absolute Gasteiger partial charge is 0.398 e. The van der Waals surface area contributed by atoms with Crippen LogP contribution in [0.25, 0.3) is 10.8 Å². The van der Waals surface area contributed by atoms with Gasteiger partial charge in [0.25, 0.3) is 0 Å². The Hall–Kier alpha value is -1.62. The molecule has 0 aromatic heterocycles. The summed E-state index contributed by atoms with van der Waals surface area (Å²) in [5.41, 5.74) is 7.97. The van der Waals surface area contributed by atoms with Gasteiger partial charge in [0.2, 0.25) is 0 Å². The SMILES string of the molecule is CN(C)CC(OCCO)c1cccc2cccc(N)c12. The van der Waals surface area contributed by atoms with Gasteiger partial charge in [0, 0.05) is 17.6 Å². The second kappa shape index (κ2) is 6.70. The molecule has 0 radical (unpaired) electrons. The van der Waals surface area contributed by atoms with Gasteiger partial charge in [-0.2, -0.15) is 0 Å². The number of fused-ring (bicyclic) bond motifs is 1. The Labute approximate surface area is 119 Å². The lowest BCUT2D eigenvalue weighted by Gasteiger charge is -2.23. The van der Waals surface area contributed by atoms with Crippen molar-refractivity contribution in [2.75, 3.05) is 39.6 Å². The van der Waals surface area contributed by atoms with Crippen LogP contribution in [0.15, 0.2) is 36.4 Å². The number of aliphatic hydroxyl groups is 1. The number of aliphatic hydroxyl groups excluding tert-OH is 1. The van der Waals surface area contributed by atoms with Crippen molar-refractivity contribution >= 4 is 16.5 Å². The Balaban J connectivity index is 2.46. The quantitative estimate of drug-likeness (QED) is 0.791. The van der Waals surface area contributed by atoms with Gasteiger partial charge in [-0.3, -0.25) is 0 Å². The highest BCUT2D eigenvalue weighted by molar-refractivity contribution is 5.95. The Morgan fingerprint density at radius 2 is 1.90 bits per heavy atom. The van der Waals surface area contributed by atoms with Crippen LogP contribution in [0.4, 0.5) is 5.69 Å². The van der Waals surface area contributed by atoms with Crippen molar-refractivity contribution in [3.63, 3.8) is 0 Å². The predicted molar refractivity (Wildman–Crippen MR) is 82.7 cm³/mol. The number of hydrogen-bond donors (Lipinski definition) is 2. The molecule has 3 N–H and O–H groups in total. The van der Waals surface area contributed by atoms with Crippen molar-refractivity contribution in [1.82, 2.24) is 4.90 Å². The third-order valence-corrected chi connectivity index (χ3v) is 3.26. The minimum Gasteiger partial charge on any atom is -0.398 e. The van der Waals surface area contributed by atoms with Crippen molar-refractivity contribution in [2.45, 2.75) is 6.10 Å². The molecule has 0 aliphatic carbocycles. The lowest BCUT2D eigenvalue weighted by atomic mass is 9.98. The van der Waals surface area contributed by atoms with E-state index in [1.807, 2.05) is 50.5 Å². The number of nitrogens with zero attached hydrogens (tertiary/aromatic N) is 1. The van der Waals surface area contributed by atoms with Gasteiger partial charge in [0.1, 0.15) is 0 Å². The molecule has 4 nitrogen and oxygen atoms in total. The third-order valence-electron chi connectivity index (χ3n) is 3.26. The van der Waals surface area contributed by atoms with Crippen LogP contribution in [-0.2, 0) is 4.74 Å². The molecule has 2 aromatic carbocycles. The number of benzene rings is 2. The summed E-state index contributed by atoms with van der Waals surface area (Å²) in [5, 5.41) is 11.2. The number of likely N-dealkylation sites (N-methyl/N-ethyl adjacent to an activating group) is 1. The summed E-state index contributed by atoms with van der Waals surface area (Å²) in [4.78, 5) is 2.07. The average Bonchev–Trinajstić information content (AvgIpc) is 2.43. The van der Waals surface area contributed by atoms with E-state index in [9.17, 15) is 0 Å². The summed E-state index contributed by atoms with van der Waals surface area (Å²) in [6.45, 7) is 1.08. The molecule has 0 aliphatic rings. The zero-order valence-corrected chi connectivity index (χ0v) is 12.0. The van der Waals surface area contributed by atoms with Gasteiger partial charge in [-0.05, 0) is 31.1 Å². The minimum atomic E-state index is -0.106. The maximum atomic E-state index is 9.00. The van der Waals surface area contributed by atoms with E-state index in [1.165, 1.54) is 0 Å². The number of nitrogens with two attached hydrogens (primary N) is 1. The zero-order valence-electron chi connectivity index (χ0n) is 12.0. The van der Waals surface area contributed by atoms with Gasteiger partial charge >= 0.3 is 0 Å². The van der Waals surface area contributed by atoms with E-state index in [1.54, 1.807) is 0 Å². The fourth-order valence-electron chi connectivity index (χ4n) is 2.44. The smallest absolute Gasteiger partial charge is 0.0959 e. The van der Waals surface area contributed by atoms with Gasteiger partial charge in [-0.15, -0.1) is 0 Å². The standard InChI is InChI=1S/C16H22N2O2/c1-18(2)11-15(20-10-9-19)13-7-3-5-12-6-4-8-14(17)16(12)13/h3-8,15,19H,9-11,17H2,1-2H3. The van der Waals surface area contributed by atoms with E-state index < -0.39 is 0 Å². The number of anilines is 1. The molecule has 0 spiro atoms. The van der Waals surface area contributed by atoms with E-state index in [0.717, 1.165) is 28.6 Å². The molecule has 0 saturated carbocycles. The van der Waals surface area contributed by atoms with Crippen LogP contribution in [0, 0.1) is 0 Å². The first-order chi connectivity index (χ1) is 9.63. The van der Waals surface area contributed by atoms with Crippen molar-refractivity contribution < 1.29 is 9.84 Å². The highest BCUT2D eigenvalue weighted by Gasteiger charge is 2.17. The fraction of sp³-hybridized carbons (Fsp3) is 0.375. The topological polar surface area (TPSA) is 58.7 Å². The fourth-order valence-corrected chi connectivity index (χ4v) is 2.44. The van der Waals surface area contributed by atoms with Crippen LogP contribution in [0.3, 0.4) is 0 Å². The molecule has 1 atom stereocenters. The number of nitrogen functional groups attached to an aromatic ring is 1. The van der Waals surface area contributed by atoms with Gasteiger partial charge in [-0.1, -0.05) is 30.3 Å². The number of hydrogen-bond acceptors (Lipinski definition) is 4. The summed E-state index contributed by atoms with van der Waals surface area (Å²) in [6.07, 6.45) is -0.106. The summed E-state index contributed by atoms with van der Waals surface area (Å²) >= 11 is 0. The monoisotopic (exact) mass is 274 g/mol. The van der Waals surface area contributed by atoms with Crippen LogP contribution in [0.5, 0.6) is 0 Å². The molecule has 0 heterocycles. The summed E-state index contributed by atoms with van der Waals surface area (Å²) in [7, 11) is 4.01. The maximum absolute atomic E-state index is 9.00. The highest BCUT2D eigenvalue weighted by Crippen LogP contribution is 2.31. The van der Waals surface area contributed by atoms with Gasteiger partial charge in [0.05, 0.1) is 19.3 Å². The molecule has 1 unspecified atom stereocenters. The molecule has 0 aliphatic heterocycles. The molecular weight excluding hydrogens is 252 g/mol. The summed E-state index contributed by atoms with van der Waals surface area (Å²) in [6, 6.07) is 12.0. The predicted octanol–water partition coefficient (Wildman–Crippen LogP) is 2.03. The van der Waals surface area contributed by atoms with E-state index in [-0.39, 0.29) is 12.7 Å². The van der Waals surface area contributed by atoms with Gasteiger partial charge in [0.15, 0.2) is 0 Å².